The van der Waals surface area contributed by atoms with E-state index in [0.29, 0.717) is 6.54 Å². The molecule has 0 bridgehead atoms. The number of nitrogens with two attached hydrogens (primary N) is 1. The number of benzene rings is 1. The summed E-state index contributed by atoms with van der Waals surface area (Å²) < 4.78 is 0.885. The molecule has 0 fully saturated rings. The van der Waals surface area contributed by atoms with Crippen LogP contribution in [0.15, 0.2) is 29.0 Å². The van der Waals surface area contributed by atoms with Crippen LogP contribution < -0.4 is 5.73 Å². The van der Waals surface area contributed by atoms with Gasteiger partial charge in [0.1, 0.15) is 10.4 Å². The maximum absolute atomic E-state index is 5.88. The first-order chi connectivity index (χ1) is 8.11. The van der Waals surface area contributed by atoms with Gasteiger partial charge in [-0.3, -0.25) is 0 Å². The van der Waals surface area contributed by atoms with E-state index in [1.807, 2.05) is 0 Å². The quantitative estimate of drug-likeness (QED) is 0.914. The SMILES string of the molecule is Cc1ccc(C(CN)c2ncc(Br)[nH]2)c(C)c1. The third-order valence-electron chi connectivity index (χ3n) is 2.93. The molecule has 0 spiro atoms. The highest BCUT2D eigenvalue weighted by Gasteiger charge is 2.17. The number of imidazole rings is 1. The number of aromatic amines is 1. The molecule has 1 aromatic carbocycles. The summed E-state index contributed by atoms with van der Waals surface area (Å²) in [7, 11) is 0. The number of aryl methyl sites for hydroxylation is 2. The monoisotopic (exact) mass is 293 g/mol. The third-order valence-corrected chi connectivity index (χ3v) is 3.33. The Morgan fingerprint density at radius 3 is 2.71 bits per heavy atom. The fourth-order valence-electron chi connectivity index (χ4n) is 2.09. The smallest absolute Gasteiger partial charge is 0.115 e. The predicted octanol–water partition coefficient (Wildman–Crippen LogP) is 2.88. The number of rotatable bonds is 3. The average molecular weight is 294 g/mol. The molecule has 1 atom stereocenters. The molecule has 0 saturated heterocycles. The Labute approximate surface area is 110 Å². The lowest BCUT2D eigenvalue weighted by molar-refractivity contribution is 0.758. The molecular weight excluding hydrogens is 278 g/mol. The van der Waals surface area contributed by atoms with E-state index < -0.39 is 0 Å². The second kappa shape index (κ2) is 5.02. The van der Waals surface area contributed by atoms with Gasteiger partial charge in [0.25, 0.3) is 0 Å². The molecule has 2 aromatic rings. The van der Waals surface area contributed by atoms with E-state index >= 15 is 0 Å². The molecule has 1 heterocycles. The molecule has 4 heteroatoms. The summed E-state index contributed by atoms with van der Waals surface area (Å²) >= 11 is 3.37. The van der Waals surface area contributed by atoms with Crippen molar-refractivity contribution in [3.63, 3.8) is 0 Å². The van der Waals surface area contributed by atoms with Crippen LogP contribution in [0, 0.1) is 13.8 Å². The normalized spacial score (nSPS) is 12.7. The van der Waals surface area contributed by atoms with Gasteiger partial charge >= 0.3 is 0 Å². The number of hydrogen-bond donors (Lipinski definition) is 2. The van der Waals surface area contributed by atoms with Gasteiger partial charge in [0.2, 0.25) is 0 Å². The van der Waals surface area contributed by atoms with Gasteiger partial charge in [-0.25, -0.2) is 4.98 Å². The van der Waals surface area contributed by atoms with Crippen molar-refractivity contribution >= 4 is 15.9 Å². The third kappa shape index (κ3) is 2.58. The van der Waals surface area contributed by atoms with Crippen molar-refractivity contribution in [2.45, 2.75) is 19.8 Å². The van der Waals surface area contributed by atoms with Crippen molar-refractivity contribution in [2.24, 2.45) is 5.73 Å². The van der Waals surface area contributed by atoms with Crippen LogP contribution in [0.25, 0.3) is 0 Å². The van der Waals surface area contributed by atoms with Crippen LogP contribution in [0.2, 0.25) is 0 Å². The van der Waals surface area contributed by atoms with Crippen molar-refractivity contribution in [3.05, 3.63) is 51.5 Å². The molecule has 0 radical (unpaired) electrons. The van der Waals surface area contributed by atoms with E-state index in [1.165, 1.54) is 16.7 Å². The highest BCUT2D eigenvalue weighted by atomic mass is 79.9. The zero-order valence-corrected chi connectivity index (χ0v) is 11.6. The van der Waals surface area contributed by atoms with Crippen LogP contribution >= 0.6 is 15.9 Å². The van der Waals surface area contributed by atoms with Gasteiger partial charge in [0.05, 0.1) is 12.1 Å². The minimum Gasteiger partial charge on any atom is -0.336 e. The first kappa shape index (κ1) is 12.3. The molecule has 1 unspecified atom stereocenters. The van der Waals surface area contributed by atoms with E-state index in [-0.39, 0.29) is 5.92 Å². The van der Waals surface area contributed by atoms with Crippen LogP contribution in [0.5, 0.6) is 0 Å². The van der Waals surface area contributed by atoms with Gasteiger partial charge < -0.3 is 10.7 Å². The van der Waals surface area contributed by atoms with E-state index in [4.69, 9.17) is 5.73 Å². The minimum atomic E-state index is 0.127. The van der Waals surface area contributed by atoms with E-state index in [2.05, 4.69) is 57.9 Å². The summed E-state index contributed by atoms with van der Waals surface area (Å²) in [5.74, 6) is 1.04. The van der Waals surface area contributed by atoms with Gasteiger partial charge in [-0.15, -0.1) is 0 Å². The Bertz CT molecular complexity index is 519. The molecule has 0 aliphatic carbocycles. The molecule has 3 N–H and O–H groups in total. The Kier molecular flexibility index (Phi) is 3.64. The standard InChI is InChI=1S/C13H16BrN3/c1-8-3-4-10(9(2)5-8)11(6-15)13-16-7-12(14)17-13/h3-5,7,11H,6,15H2,1-2H3,(H,16,17). The number of aromatic nitrogens is 2. The zero-order chi connectivity index (χ0) is 12.4. The Hall–Kier alpha value is -1.13. The lowest BCUT2D eigenvalue weighted by Crippen LogP contribution is -2.16. The number of halogens is 1. The molecule has 0 saturated carbocycles. The predicted molar refractivity (Wildman–Crippen MR) is 73.1 cm³/mol. The van der Waals surface area contributed by atoms with Crippen molar-refractivity contribution < 1.29 is 0 Å². The van der Waals surface area contributed by atoms with Crippen molar-refractivity contribution in [3.8, 4) is 0 Å². The fraction of sp³-hybridized carbons (Fsp3) is 0.308. The van der Waals surface area contributed by atoms with Crippen LogP contribution in [0.3, 0.4) is 0 Å². The van der Waals surface area contributed by atoms with Gasteiger partial charge in [0.15, 0.2) is 0 Å². The summed E-state index contributed by atoms with van der Waals surface area (Å²) in [5.41, 5.74) is 9.64. The number of hydrogen-bond acceptors (Lipinski definition) is 2. The lowest BCUT2D eigenvalue weighted by atomic mass is 9.93. The largest absolute Gasteiger partial charge is 0.336 e. The average Bonchev–Trinajstić information content (AvgIpc) is 2.69. The zero-order valence-electron chi connectivity index (χ0n) is 10.00. The van der Waals surface area contributed by atoms with Crippen molar-refractivity contribution in [1.82, 2.24) is 9.97 Å². The molecule has 90 valence electrons. The molecule has 1 aromatic heterocycles. The van der Waals surface area contributed by atoms with Crippen LogP contribution in [0.4, 0.5) is 0 Å². The molecule has 2 rings (SSSR count). The second-order valence-corrected chi connectivity index (χ2v) is 5.12. The van der Waals surface area contributed by atoms with Gasteiger partial charge in [-0.2, -0.15) is 0 Å². The summed E-state index contributed by atoms with van der Waals surface area (Å²) in [6.07, 6.45) is 1.77. The first-order valence-corrected chi connectivity index (χ1v) is 6.38. The maximum atomic E-state index is 5.88. The maximum Gasteiger partial charge on any atom is 0.115 e. The van der Waals surface area contributed by atoms with Crippen LogP contribution in [0.1, 0.15) is 28.4 Å². The van der Waals surface area contributed by atoms with E-state index in [9.17, 15) is 0 Å². The minimum absolute atomic E-state index is 0.127. The highest BCUT2D eigenvalue weighted by molar-refractivity contribution is 9.10. The molecule has 0 amide bonds. The van der Waals surface area contributed by atoms with Crippen LogP contribution in [-0.2, 0) is 0 Å². The van der Waals surface area contributed by atoms with Crippen molar-refractivity contribution in [2.75, 3.05) is 6.54 Å². The van der Waals surface area contributed by atoms with Crippen molar-refractivity contribution in [1.29, 1.82) is 0 Å². The first-order valence-electron chi connectivity index (χ1n) is 5.59. The van der Waals surface area contributed by atoms with E-state index in [1.54, 1.807) is 6.20 Å². The number of H-pyrrole nitrogens is 1. The van der Waals surface area contributed by atoms with Gasteiger partial charge in [0, 0.05) is 6.54 Å². The lowest BCUT2D eigenvalue weighted by Gasteiger charge is -2.16. The van der Waals surface area contributed by atoms with Gasteiger partial charge in [-0.1, -0.05) is 23.8 Å². The number of nitrogens with one attached hydrogen (secondary N) is 1. The topological polar surface area (TPSA) is 54.7 Å². The Balaban J connectivity index is 2.42. The van der Waals surface area contributed by atoms with Gasteiger partial charge in [-0.05, 0) is 40.9 Å². The summed E-state index contributed by atoms with van der Waals surface area (Å²) in [6.45, 7) is 4.75. The van der Waals surface area contributed by atoms with E-state index in [0.717, 1.165) is 10.4 Å². The molecule has 17 heavy (non-hydrogen) atoms. The molecular formula is C13H16BrN3. The fourth-order valence-corrected chi connectivity index (χ4v) is 2.40. The highest BCUT2D eigenvalue weighted by Crippen LogP contribution is 2.25. The molecule has 0 aliphatic rings. The summed E-state index contributed by atoms with van der Waals surface area (Å²) in [5, 5.41) is 0. The second-order valence-electron chi connectivity index (χ2n) is 4.26. The Morgan fingerprint density at radius 1 is 1.41 bits per heavy atom. The molecule has 0 aliphatic heterocycles. The summed E-state index contributed by atoms with van der Waals surface area (Å²) in [6, 6.07) is 6.43. The number of nitrogens with zero attached hydrogens (tertiary/aromatic N) is 1. The molecule has 3 nitrogen and oxygen atoms in total. The van der Waals surface area contributed by atoms with Crippen LogP contribution in [-0.4, -0.2) is 16.5 Å². The Morgan fingerprint density at radius 2 is 2.18 bits per heavy atom. The summed E-state index contributed by atoms with van der Waals surface area (Å²) in [4.78, 5) is 7.54.